The number of hydroxylamine groups is 1. The predicted molar refractivity (Wildman–Crippen MR) is 120 cm³/mol. The van der Waals surface area contributed by atoms with E-state index in [0.717, 1.165) is 11.3 Å². The zero-order valence-electron chi connectivity index (χ0n) is 16.5. The molecule has 7 heteroatoms. The van der Waals surface area contributed by atoms with Gasteiger partial charge in [-0.25, -0.2) is 9.96 Å². The van der Waals surface area contributed by atoms with E-state index in [2.05, 4.69) is 0 Å². The van der Waals surface area contributed by atoms with Gasteiger partial charge in [-0.2, -0.15) is 0 Å². The van der Waals surface area contributed by atoms with Crippen LogP contribution in [0.4, 0.5) is 11.4 Å². The molecule has 0 saturated carbocycles. The van der Waals surface area contributed by atoms with Gasteiger partial charge in [-0.1, -0.05) is 59.6 Å². The van der Waals surface area contributed by atoms with Crippen molar-refractivity contribution in [3.05, 3.63) is 94.0 Å². The quantitative estimate of drug-likeness (QED) is 0.502. The first-order valence-electron chi connectivity index (χ1n) is 9.86. The summed E-state index contributed by atoms with van der Waals surface area (Å²) in [5, 5.41) is 2.52. The number of fused-ring (bicyclic) bond motifs is 1. The number of hydrogen-bond donors (Lipinski definition) is 0. The van der Waals surface area contributed by atoms with Crippen molar-refractivity contribution < 1.29 is 14.4 Å². The Bertz CT molecular complexity index is 1180. The van der Waals surface area contributed by atoms with Crippen molar-refractivity contribution in [1.29, 1.82) is 0 Å². The molecule has 0 radical (unpaired) electrons. The Balaban J connectivity index is 1.62. The lowest BCUT2D eigenvalue weighted by atomic mass is 9.90. The molecule has 3 atom stereocenters. The van der Waals surface area contributed by atoms with Crippen LogP contribution in [0.1, 0.15) is 17.2 Å². The molecule has 2 heterocycles. The van der Waals surface area contributed by atoms with E-state index >= 15 is 0 Å². The van der Waals surface area contributed by atoms with Crippen LogP contribution >= 0.6 is 23.2 Å². The van der Waals surface area contributed by atoms with Crippen LogP contribution in [0.3, 0.4) is 0 Å². The molecule has 0 bridgehead atoms. The summed E-state index contributed by atoms with van der Waals surface area (Å²) in [6.45, 7) is 1.92. The maximum absolute atomic E-state index is 13.6. The molecule has 2 fully saturated rings. The molecule has 3 aromatic rings. The average Bonchev–Trinajstić information content (AvgIpc) is 3.25. The molecule has 2 aliphatic heterocycles. The SMILES string of the molecule is Cc1cccc(N2C(=O)[C@@H]3[C@@H](ON(c4ccccc4)[C@H]3c3ccc(Cl)cc3Cl)C2=O)c1. The van der Waals surface area contributed by atoms with Gasteiger partial charge >= 0.3 is 0 Å². The van der Waals surface area contributed by atoms with Crippen LogP contribution in [-0.2, 0) is 14.4 Å². The van der Waals surface area contributed by atoms with E-state index < -0.39 is 18.1 Å². The fourth-order valence-corrected chi connectivity index (χ4v) is 4.81. The summed E-state index contributed by atoms with van der Waals surface area (Å²) < 4.78 is 0. The number of halogens is 2. The van der Waals surface area contributed by atoms with Crippen molar-refractivity contribution in [3.8, 4) is 0 Å². The Morgan fingerprint density at radius 3 is 2.29 bits per heavy atom. The first-order chi connectivity index (χ1) is 15.0. The Kier molecular flexibility index (Phi) is 4.97. The van der Waals surface area contributed by atoms with E-state index in [-0.39, 0.29) is 11.8 Å². The number of hydrogen-bond acceptors (Lipinski definition) is 4. The van der Waals surface area contributed by atoms with Crippen LogP contribution in [0.5, 0.6) is 0 Å². The number of rotatable bonds is 3. The fraction of sp³-hybridized carbons (Fsp3) is 0.167. The minimum Gasteiger partial charge on any atom is -0.273 e. The van der Waals surface area contributed by atoms with Gasteiger partial charge < -0.3 is 0 Å². The van der Waals surface area contributed by atoms with Gasteiger partial charge in [0.15, 0.2) is 6.10 Å². The van der Waals surface area contributed by atoms with Gasteiger partial charge in [0.1, 0.15) is 5.92 Å². The summed E-state index contributed by atoms with van der Waals surface area (Å²) >= 11 is 12.6. The summed E-state index contributed by atoms with van der Waals surface area (Å²) in [5.41, 5.74) is 2.91. The summed E-state index contributed by atoms with van der Waals surface area (Å²) in [5.74, 6) is -1.43. The van der Waals surface area contributed by atoms with Crippen LogP contribution in [-0.4, -0.2) is 17.9 Å². The molecule has 2 aliphatic rings. The molecule has 0 aliphatic carbocycles. The van der Waals surface area contributed by atoms with E-state index in [1.807, 2.05) is 55.5 Å². The van der Waals surface area contributed by atoms with Crippen LogP contribution in [0, 0.1) is 12.8 Å². The first kappa shape index (κ1) is 20.1. The van der Waals surface area contributed by atoms with E-state index in [0.29, 0.717) is 21.3 Å². The molecule has 2 saturated heterocycles. The molecule has 0 spiro atoms. The lowest BCUT2D eigenvalue weighted by molar-refractivity contribution is -0.126. The number of para-hydroxylation sites is 1. The highest BCUT2D eigenvalue weighted by Gasteiger charge is 2.60. The molecular weight excluding hydrogens is 435 g/mol. The van der Waals surface area contributed by atoms with Gasteiger partial charge in [-0.05, 0) is 54.4 Å². The van der Waals surface area contributed by atoms with Crippen LogP contribution in [0.2, 0.25) is 10.0 Å². The van der Waals surface area contributed by atoms with Gasteiger partial charge in [0.2, 0.25) is 5.91 Å². The average molecular weight is 453 g/mol. The van der Waals surface area contributed by atoms with Gasteiger partial charge in [0, 0.05) is 10.0 Å². The lowest BCUT2D eigenvalue weighted by Gasteiger charge is -2.29. The van der Waals surface area contributed by atoms with Gasteiger partial charge in [-0.15, -0.1) is 0 Å². The Morgan fingerprint density at radius 1 is 0.839 bits per heavy atom. The van der Waals surface area contributed by atoms with Crippen molar-refractivity contribution >= 4 is 46.4 Å². The number of carbonyl (C=O) groups is 2. The monoisotopic (exact) mass is 452 g/mol. The molecule has 31 heavy (non-hydrogen) atoms. The smallest absolute Gasteiger partial charge is 0.266 e. The second kappa shape index (κ2) is 7.68. The standard InChI is InChI=1S/C24H18Cl2N2O3/c1-14-6-5-9-17(12-14)27-23(29)20-21(18-11-10-15(25)13-19(18)26)28(31-22(20)24(27)30)16-7-3-2-4-8-16/h2-13,20-22H,1H3/t20-,21-,22+/m0/s1. The van der Waals surface area contributed by atoms with Crippen molar-refractivity contribution in [2.24, 2.45) is 5.92 Å². The number of amides is 2. The maximum Gasteiger partial charge on any atom is 0.266 e. The number of benzene rings is 3. The summed E-state index contributed by atoms with van der Waals surface area (Å²) in [4.78, 5) is 34.2. The van der Waals surface area contributed by atoms with E-state index in [1.54, 1.807) is 29.3 Å². The molecule has 2 amide bonds. The number of carbonyl (C=O) groups excluding carboxylic acids is 2. The molecule has 5 rings (SSSR count). The highest BCUT2D eigenvalue weighted by molar-refractivity contribution is 6.35. The predicted octanol–water partition coefficient (Wildman–Crippen LogP) is 5.35. The number of aryl methyl sites for hydroxylation is 1. The maximum atomic E-state index is 13.6. The molecule has 0 N–H and O–H groups in total. The normalized spacial score (nSPS) is 22.9. The fourth-order valence-electron chi connectivity index (χ4n) is 4.29. The van der Waals surface area contributed by atoms with Gasteiger partial charge in [0.25, 0.3) is 5.91 Å². The molecule has 3 aromatic carbocycles. The molecule has 156 valence electrons. The first-order valence-corrected chi connectivity index (χ1v) is 10.6. The largest absolute Gasteiger partial charge is 0.273 e. The number of anilines is 2. The van der Waals surface area contributed by atoms with Gasteiger partial charge in [-0.3, -0.25) is 14.4 Å². The third kappa shape index (κ3) is 3.30. The van der Waals surface area contributed by atoms with Crippen molar-refractivity contribution in [2.45, 2.75) is 19.1 Å². The molecule has 5 nitrogen and oxygen atoms in total. The van der Waals surface area contributed by atoms with E-state index in [4.69, 9.17) is 28.0 Å². The van der Waals surface area contributed by atoms with Crippen molar-refractivity contribution in [3.63, 3.8) is 0 Å². The third-order valence-corrected chi connectivity index (χ3v) is 6.23. The summed E-state index contributed by atoms with van der Waals surface area (Å²) in [6.07, 6.45) is -0.940. The van der Waals surface area contributed by atoms with E-state index in [9.17, 15) is 9.59 Å². The highest BCUT2D eigenvalue weighted by Crippen LogP contribution is 2.49. The van der Waals surface area contributed by atoms with Crippen LogP contribution < -0.4 is 9.96 Å². The van der Waals surface area contributed by atoms with Gasteiger partial charge in [0.05, 0.1) is 17.4 Å². The minimum absolute atomic E-state index is 0.310. The topological polar surface area (TPSA) is 49.9 Å². The molecule has 0 unspecified atom stereocenters. The zero-order chi connectivity index (χ0) is 21.7. The second-order valence-electron chi connectivity index (χ2n) is 7.67. The minimum atomic E-state index is -0.940. The Morgan fingerprint density at radius 2 is 1.58 bits per heavy atom. The molecular formula is C24H18Cl2N2O3. The Labute approximate surface area is 189 Å². The second-order valence-corrected chi connectivity index (χ2v) is 8.52. The van der Waals surface area contributed by atoms with Crippen LogP contribution in [0.25, 0.3) is 0 Å². The van der Waals surface area contributed by atoms with E-state index in [1.165, 1.54) is 4.90 Å². The summed E-state index contributed by atoms with van der Waals surface area (Å²) in [7, 11) is 0. The van der Waals surface area contributed by atoms with Crippen molar-refractivity contribution in [1.82, 2.24) is 0 Å². The van der Waals surface area contributed by atoms with Crippen molar-refractivity contribution in [2.75, 3.05) is 9.96 Å². The number of nitrogens with zero attached hydrogens (tertiary/aromatic N) is 2. The third-order valence-electron chi connectivity index (χ3n) is 5.67. The Hall–Kier alpha value is -2.86. The lowest BCUT2D eigenvalue weighted by Crippen LogP contribution is -2.37. The zero-order valence-corrected chi connectivity index (χ0v) is 18.0. The summed E-state index contributed by atoms with van der Waals surface area (Å²) in [6, 6.07) is 21.2. The molecule has 0 aromatic heterocycles. The highest BCUT2D eigenvalue weighted by atomic mass is 35.5. The van der Waals surface area contributed by atoms with Crippen LogP contribution in [0.15, 0.2) is 72.8 Å². The number of imide groups is 1.